The number of methoxy groups -OCH3 is 1. The molecule has 2 amide bonds. The van der Waals surface area contributed by atoms with Crippen molar-refractivity contribution in [2.75, 3.05) is 43.3 Å². The second kappa shape index (κ2) is 12.3. The van der Waals surface area contributed by atoms with E-state index in [1.807, 2.05) is 32.0 Å². The maximum Gasteiger partial charge on any atom is 0.416 e. The van der Waals surface area contributed by atoms with Crippen LogP contribution in [0.1, 0.15) is 31.0 Å². The van der Waals surface area contributed by atoms with Crippen molar-refractivity contribution >= 4 is 34.3 Å². The number of ether oxygens (including phenoxy) is 2. The molecular weight excluding hydrogens is 525 g/mol. The smallest absolute Gasteiger partial charge is 0.382 e. The Kier molecular flexibility index (Phi) is 8.90. The third-order valence-electron chi connectivity index (χ3n) is 6.12. The van der Waals surface area contributed by atoms with Gasteiger partial charge in [-0.3, -0.25) is 0 Å². The molecule has 4 rings (SSSR count). The molecule has 4 N–H and O–H groups in total. The van der Waals surface area contributed by atoms with Crippen LogP contribution in [0.25, 0.3) is 22.2 Å². The molecule has 4 aromatic rings. The van der Waals surface area contributed by atoms with Crippen LogP contribution in [0.2, 0.25) is 0 Å². The SMILES string of the molecule is COCCOCCn1nc(N)c2c(-c3ccc(NC(=O)Nc4cccc(C(F)(F)F)c4)cc3)cc(C(C)C)nc21. The molecule has 0 aliphatic rings. The monoisotopic (exact) mass is 556 g/mol. The standard InChI is InChI=1S/C28H31F3N6O3/c1-17(2)23-16-22(24-25(32)36-37(26(24)35-23)11-12-40-14-13-39-3)18-7-9-20(10-8-18)33-27(38)34-21-6-4-5-19(15-21)28(29,30)31/h4-10,15-17H,11-14H2,1-3H3,(H2,32,36)(H2,33,34,38). The molecule has 2 aromatic heterocycles. The van der Waals surface area contributed by atoms with Crippen LogP contribution in [0.4, 0.5) is 35.2 Å². The molecule has 0 atom stereocenters. The normalized spacial score (nSPS) is 11.8. The second-order valence-corrected chi connectivity index (χ2v) is 9.40. The number of urea groups is 1. The summed E-state index contributed by atoms with van der Waals surface area (Å²) in [7, 11) is 1.61. The molecule has 0 aliphatic carbocycles. The first-order valence-electron chi connectivity index (χ1n) is 12.7. The fourth-order valence-corrected chi connectivity index (χ4v) is 4.09. The lowest BCUT2D eigenvalue weighted by Crippen LogP contribution is -2.19. The van der Waals surface area contributed by atoms with Crippen molar-refractivity contribution in [1.82, 2.24) is 14.8 Å². The molecule has 0 radical (unpaired) electrons. The number of nitrogens with zero attached hydrogens (tertiary/aromatic N) is 3. The maximum absolute atomic E-state index is 13.0. The third-order valence-corrected chi connectivity index (χ3v) is 6.12. The molecule has 0 unspecified atom stereocenters. The van der Waals surface area contributed by atoms with Crippen molar-refractivity contribution in [2.45, 2.75) is 32.5 Å². The predicted octanol–water partition coefficient (Wildman–Crippen LogP) is 6.13. The lowest BCUT2D eigenvalue weighted by molar-refractivity contribution is -0.137. The zero-order valence-corrected chi connectivity index (χ0v) is 22.4. The average molecular weight is 557 g/mol. The minimum atomic E-state index is -4.50. The molecule has 0 saturated heterocycles. The first kappa shape index (κ1) is 28.8. The van der Waals surface area contributed by atoms with Gasteiger partial charge in [-0.05, 0) is 53.4 Å². The van der Waals surface area contributed by atoms with Crippen LogP contribution >= 0.6 is 0 Å². The van der Waals surface area contributed by atoms with Crippen molar-refractivity contribution in [1.29, 1.82) is 0 Å². The highest BCUT2D eigenvalue weighted by Crippen LogP contribution is 2.35. The Labute approximate surface area is 229 Å². The number of benzene rings is 2. The van der Waals surface area contributed by atoms with Gasteiger partial charge in [0.25, 0.3) is 0 Å². The van der Waals surface area contributed by atoms with E-state index in [0.717, 1.165) is 29.0 Å². The summed E-state index contributed by atoms with van der Waals surface area (Å²) in [5, 5.41) is 10.3. The van der Waals surface area contributed by atoms with Crippen LogP contribution in [0.3, 0.4) is 0 Å². The summed E-state index contributed by atoms with van der Waals surface area (Å²) in [5.74, 6) is 0.485. The van der Waals surface area contributed by atoms with Gasteiger partial charge in [-0.2, -0.15) is 18.3 Å². The topological polar surface area (TPSA) is 116 Å². The summed E-state index contributed by atoms with van der Waals surface area (Å²) >= 11 is 0. The zero-order valence-electron chi connectivity index (χ0n) is 22.4. The number of halogens is 3. The molecule has 2 aromatic carbocycles. The van der Waals surface area contributed by atoms with Crippen molar-refractivity contribution < 1.29 is 27.4 Å². The Balaban J connectivity index is 1.54. The van der Waals surface area contributed by atoms with Crippen LogP contribution in [0.5, 0.6) is 0 Å². The largest absolute Gasteiger partial charge is 0.416 e. The molecule has 0 fully saturated rings. The summed E-state index contributed by atoms with van der Waals surface area (Å²) in [6.45, 7) is 5.96. The van der Waals surface area contributed by atoms with E-state index >= 15 is 0 Å². The van der Waals surface area contributed by atoms with Gasteiger partial charge in [0.1, 0.15) is 0 Å². The van der Waals surface area contributed by atoms with Crippen LogP contribution in [-0.2, 0) is 22.2 Å². The maximum atomic E-state index is 13.0. The highest BCUT2D eigenvalue weighted by atomic mass is 19.4. The van der Waals surface area contributed by atoms with Gasteiger partial charge in [0.05, 0.1) is 37.3 Å². The molecule has 9 nitrogen and oxygen atoms in total. The van der Waals surface area contributed by atoms with Gasteiger partial charge in [-0.1, -0.05) is 32.0 Å². The Morgan fingerprint density at radius 2 is 1.75 bits per heavy atom. The Hall–Kier alpha value is -4.16. The second-order valence-electron chi connectivity index (χ2n) is 9.40. The van der Waals surface area contributed by atoms with Gasteiger partial charge < -0.3 is 25.8 Å². The number of fused-ring (bicyclic) bond motifs is 1. The number of rotatable bonds is 10. The Morgan fingerprint density at radius 1 is 1.02 bits per heavy atom. The van der Waals surface area contributed by atoms with Crippen LogP contribution in [-0.4, -0.2) is 47.7 Å². The number of nitrogen functional groups attached to an aromatic ring is 1. The summed E-state index contributed by atoms with van der Waals surface area (Å²) in [5.41, 5.74) is 9.17. The highest BCUT2D eigenvalue weighted by Gasteiger charge is 2.30. The first-order valence-corrected chi connectivity index (χ1v) is 12.7. The van der Waals surface area contributed by atoms with Crippen molar-refractivity contribution in [3.8, 4) is 11.1 Å². The number of carbonyl (C=O) groups excluding carboxylic acids is 1. The van der Waals surface area contributed by atoms with E-state index in [4.69, 9.17) is 20.2 Å². The fourth-order valence-electron chi connectivity index (χ4n) is 4.09. The molecule has 0 aliphatic heterocycles. The molecule has 2 heterocycles. The van der Waals surface area contributed by atoms with Crippen LogP contribution in [0, 0.1) is 0 Å². The van der Waals surface area contributed by atoms with E-state index in [-0.39, 0.29) is 11.6 Å². The zero-order chi connectivity index (χ0) is 28.9. The predicted molar refractivity (Wildman–Crippen MR) is 148 cm³/mol. The van der Waals surface area contributed by atoms with E-state index in [1.54, 1.807) is 23.9 Å². The number of aromatic nitrogens is 3. The molecule has 0 saturated carbocycles. The summed E-state index contributed by atoms with van der Waals surface area (Å²) in [6, 6.07) is 12.8. The minimum absolute atomic E-state index is 0.0286. The number of hydrogen-bond donors (Lipinski definition) is 3. The minimum Gasteiger partial charge on any atom is -0.382 e. The number of anilines is 3. The summed E-state index contributed by atoms with van der Waals surface area (Å²) < 4.78 is 51.2. The molecule has 0 bridgehead atoms. The third kappa shape index (κ3) is 6.88. The van der Waals surface area contributed by atoms with Gasteiger partial charge in [0, 0.05) is 24.2 Å². The number of alkyl halides is 3. The van der Waals surface area contributed by atoms with Gasteiger partial charge in [0.2, 0.25) is 0 Å². The van der Waals surface area contributed by atoms with E-state index in [9.17, 15) is 18.0 Å². The number of nitrogens with two attached hydrogens (primary N) is 1. The lowest BCUT2D eigenvalue weighted by atomic mass is 9.99. The molecule has 12 heteroatoms. The van der Waals surface area contributed by atoms with Gasteiger partial charge in [0.15, 0.2) is 11.5 Å². The molecular formula is C28H31F3N6O3. The Bertz CT molecular complexity index is 1470. The number of amides is 2. The summed E-state index contributed by atoms with van der Waals surface area (Å²) in [6.07, 6.45) is -4.50. The number of hydrogen-bond acceptors (Lipinski definition) is 6. The van der Waals surface area contributed by atoms with E-state index in [1.165, 1.54) is 12.1 Å². The molecule has 40 heavy (non-hydrogen) atoms. The van der Waals surface area contributed by atoms with Crippen molar-refractivity contribution in [3.63, 3.8) is 0 Å². The first-order chi connectivity index (χ1) is 19.1. The van der Waals surface area contributed by atoms with Gasteiger partial charge in [-0.15, -0.1) is 0 Å². The van der Waals surface area contributed by atoms with E-state index in [0.29, 0.717) is 48.9 Å². The van der Waals surface area contributed by atoms with Gasteiger partial charge in [-0.25, -0.2) is 14.5 Å². The summed E-state index contributed by atoms with van der Waals surface area (Å²) in [4.78, 5) is 17.2. The van der Waals surface area contributed by atoms with E-state index < -0.39 is 17.8 Å². The van der Waals surface area contributed by atoms with Crippen LogP contribution < -0.4 is 16.4 Å². The number of nitrogens with one attached hydrogen (secondary N) is 2. The van der Waals surface area contributed by atoms with Crippen LogP contribution in [0.15, 0.2) is 54.6 Å². The molecule has 0 spiro atoms. The van der Waals surface area contributed by atoms with Crippen molar-refractivity contribution in [2.24, 2.45) is 0 Å². The van der Waals surface area contributed by atoms with Crippen molar-refractivity contribution in [3.05, 3.63) is 65.9 Å². The number of pyridine rings is 1. The average Bonchev–Trinajstić information content (AvgIpc) is 3.23. The Morgan fingerprint density at radius 3 is 2.42 bits per heavy atom. The highest BCUT2D eigenvalue weighted by molar-refractivity contribution is 6.02. The molecule has 212 valence electrons. The lowest BCUT2D eigenvalue weighted by Gasteiger charge is -2.13. The quantitative estimate of drug-likeness (QED) is 0.202. The fraction of sp³-hybridized carbons (Fsp3) is 0.321. The van der Waals surface area contributed by atoms with Gasteiger partial charge >= 0.3 is 12.2 Å². The van der Waals surface area contributed by atoms with E-state index in [2.05, 4.69) is 15.7 Å². The number of carbonyl (C=O) groups is 1.